The summed E-state index contributed by atoms with van der Waals surface area (Å²) in [5, 5.41) is 12.0. The third kappa shape index (κ3) is 8.16. The number of hydrogen-bond acceptors (Lipinski definition) is 4. The van der Waals surface area contributed by atoms with E-state index in [1.807, 2.05) is 6.07 Å². The fourth-order valence-electron chi connectivity index (χ4n) is 1.70. The standard InChI is InChI=1S/C12H16O2.C8H6.H2O2/c1-12(2,3)9-4-5-10-11(8-9)14-7-6-13-10;1-3-5-7-8-6-4-2;1-2/h4-5,8H,6-7H2,1-3H3;1-2H3;1-2H. The van der Waals surface area contributed by atoms with Crippen LogP contribution in [0, 0.1) is 35.5 Å². The molecule has 4 heteroatoms. The molecule has 0 aliphatic carbocycles. The van der Waals surface area contributed by atoms with Crippen molar-refractivity contribution >= 4 is 0 Å². The molecule has 0 bridgehead atoms. The van der Waals surface area contributed by atoms with Crippen LogP contribution in [0.25, 0.3) is 0 Å². The van der Waals surface area contributed by atoms with Gasteiger partial charge in [-0.2, -0.15) is 0 Å². The number of hydrogen-bond donors (Lipinski definition) is 2. The Labute approximate surface area is 144 Å². The van der Waals surface area contributed by atoms with Gasteiger partial charge < -0.3 is 9.47 Å². The molecular weight excluding hydrogens is 304 g/mol. The van der Waals surface area contributed by atoms with E-state index in [4.69, 9.17) is 20.0 Å². The Balaban J connectivity index is 0.000000456. The highest BCUT2D eigenvalue weighted by Gasteiger charge is 2.18. The van der Waals surface area contributed by atoms with Crippen molar-refractivity contribution in [2.45, 2.75) is 40.0 Å². The second-order valence-corrected chi connectivity index (χ2v) is 5.61. The zero-order chi connectivity index (χ0) is 18.4. The number of ether oxygens (including phenoxy) is 2. The first-order chi connectivity index (χ1) is 11.5. The summed E-state index contributed by atoms with van der Waals surface area (Å²) in [5.41, 5.74) is 1.44. The van der Waals surface area contributed by atoms with Gasteiger partial charge in [-0.3, -0.25) is 10.5 Å². The van der Waals surface area contributed by atoms with Crippen molar-refractivity contribution in [3.63, 3.8) is 0 Å². The van der Waals surface area contributed by atoms with E-state index in [1.165, 1.54) is 5.56 Å². The minimum absolute atomic E-state index is 0.163. The molecule has 0 saturated carbocycles. The van der Waals surface area contributed by atoms with Crippen LogP contribution in [0.15, 0.2) is 18.2 Å². The summed E-state index contributed by atoms with van der Waals surface area (Å²) >= 11 is 0. The molecule has 1 aromatic rings. The van der Waals surface area contributed by atoms with Crippen molar-refractivity contribution in [1.29, 1.82) is 0 Å². The van der Waals surface area contributed by atoms with Crippen molar-refractivity contribution in [3.05, 3.63) is 23.8 Å². The fourth-order valence-corrected chi connectivity index (χ4v) is 1.70. The predicted octanol–water partition coefficient (Wildman–Crippen LogP) is 3.81. The molecule has 0 aromatic heterocycles. The lowest BCUT2D eigenvalue weighted by Crippen LogP contribution is -2.17. The quantitative estimate of drug-likeness (QED) is 0.432. The maximum atomic E-state index is 6.00. The zero-order valence-corrected chi connectivity index (χ0v) is 14.9. The van der Waals surface area contributed by atoms with Crippen LogP contribution in [0.1, 0.15) is 40.2 Å². The monoisotopic (exact) mass is 328 g/mol. The first-order valence-corrected chi connectivity index (χ1v) is 7.42. The lowest BCUT2D eigenvalue weighted by molar-refractivity contribution is -0.176. The highest BCUT2D eigenvalue weighted by atomic mass is 17.0. The molecule has 2 rings (SSSR count). The van der Waals surface area contributed by atoms with E-state index in [0.29, 0.717) is 13.2 Å². The zero-order valence-electron chi connectivity index (χ0n) is 14.9. The first-order valence-electron chi connectivity index (χ1n) is 7.42. The summed E-state index contributed by atoms with van der Waals surface area (Å²) in [5.74, 6) is 17.3. The van der Waals surface area contributed by atoms with Gasteiger partial charge in [0.15, 0.2) is 11.5 Å². The van der Waals surface area contributed by atoms with E-state index >= 15 is 0 Å². The van der Waals surface area contributed by atoms with Gasteiger partial charge in [0.25, 0.3) is 0 Å². The maximum absolute atomic E-state index is 6.00. The van der Waals surface area contributed by atoms with Crippen LogP contribution < -0.4 is 9.47 Å². The van der Waals surface area contributed by atoms with Crippen molar-refractivity contribution < 1.29 is 20.0 Å². The van der Waals surface area contributed by atoms with Crippen molar-refractivity contribution in [3.8, 4) is 47.0 Å². The smallest absolute Gasteiger partial charge is 0.161 e. The minimum Gasteiger partial charge on any atom is -0.486 e. The lowest BCUT2D eigenvalue weighted by Gasteiger charge is -2.23. The van der Waals surface area contributed by atoms with Gasteiger partial charge in [0.1, 0.15) is 13.2 Å². The average molecular weight is 328 g/mol. The van der Waals surface area contributed by atoms with Crippen LogP contribution in [0.4, 0.5) is 0 Å². The Bertz CT molecular complexity index is 656. The second-order valence-electron chi connectivity index (χ2n) is 5.61. The van der Waals surface area contributed by atoms with Gasteiger partial charge in [0, 0.05) is 0 Å². The van der Waals surface area contributed by atoms with Crippen LogP contribution in [0.3, 0.4) is 0 Å². The average Bonchev–Trinajstić information content (AvgIpc) is 2.60. The van der Waals surface area contributed by atoms with Gasteiger partial charge in [0.05, 0.1) is 0 Å². The molecular formula is C20H24O4. The summed E-state index contributed by atoms with van der Waals surface area (Å²) < 4.78 is 11.0. The molecule has 0 saturated heterocycles. The van der Waals surface area contributed by atoms with Gasteiger partial charge in [-0.15, -0.1) is 0 Å². The molecule has 0 amide bonds. The van der Waals surface area contributed by atoms with Crippen LogP contribution in [0.2, 0.25) is 0 Å². The molecule has 1 aliphatic heterocycles. The molecule has 0 radical (unpaired) electrons. The predicted molar refractivity (Wildman–Crippen MR) is 96.1 cm³/mol. The summed E-state index contributed by atoms with van der Waals surface area (Å²) in [6, 6.07) is 6.18. The molecule has 128 valence electrons. The summed E-state index contributed by atoms with van der Waals surface area (Å²) in [6.07, 6.45) is 0. The highest BCUT2D eigenvalue weighted by Crippen LogP contribution is 2.34. The Kier molecular flexibility index (Phi) is 10.6. The van der Waals surface area contributed by atoms with Gasteiger partial charge in [-0.05, 0) is 60.6 Å². The van der Waals surface area contributed by atoms with Gasteiger partial charge in [0.2, 0.25) is 0 Å². The fraction of sp³-hybridized carbons (Fsp3) is 0.400. The molecule has 1 aromatic carbocycles. The van der Waals surface area contributed by atoms with Crippen molar-refractivity contribution in [2.24, 2.45) is 0 Å². The third-order valence-corrected chi connectivity index (χ3v) is 2.85. The molecule has 4 nitrogen and oxygen atoms in total. The Hall–Kier alpha value is -2.58. The van der Waals surface area contributed by atoms with E-state index in [1.54, 1.807) is 13.8 Å². The van der Waals surface area contributed by atoms with E-state index < -0.39 is 0 Å². The van der Waals surface area contributed by atoms with E-state index in [-0.39, 0.29) is 5.41 Å². The first kappa shape index (κ1) is 21.4. The molecule has 2 N–H and O–H groups in total. The summed E-state index contributed by atoms with van der Waals surface area (Å²) in [7, 11) is 0. The van der Waals surface area contributed by atoms with Crippen molar-refractivity contribution in [1.82, 2.24) is 0 Å². The molecule has 1 aliphatic rings. The molecule has 0 unspecified atom stereocenters. The Morgan fingerprint density at radius 3 is 1.79 bits per heavy atom. The maximum Gasteiger partial charge on any atom is 0.161 e. The van der Waals surface area contributed by atoms with Crippen LogP contribution in [-0.2, 0) is 5.41 Å². The topological polar surface area (TPSA) is 58.9 Å². The van der Waals surface area contributed by atoms with Crippen LogP contribution >= 0.6 is 0 Å². The van der Waals surface area contributed by atoms with E-state index in [0.717, 1.165) is 11.5 Å². The van der Waals surface area contributed by atoms with E-state index in [9.17, 15) is 0 Å². The summed E-state index contributed by atoms with van der Waals surface area (Å²) in [6.45, 7) is 11.4. The highest BCUT2D eigenvalue weighted by molar-refractivity contribution is 5.45. The van der Waals surface area contributed by atoms with Crippen LogP contribution in [0.5, 0.6) is 11.5 Å². The van der Waals surface area contributed by atoms with Gasteiger partial charge >= 0.3 is 0 Å². The molecule has 24 heavy (non-hydrogen) atoms. The molecule has 0 spiro atoms. The molecule has 0 fully saturated rings. The van der Waals surface area contributed by atoms with Crippen molar-refractivity contribution in [2.75, 3.05) is 13.2 Å². The minimum atomic E-state index is 0.163. The van der Waals surface area contributed by atoms with Gasteiger partial charge in [-0.1, -0.05) is 38.7 Å². The number of fused-ring (bicyclic) bond motifs is 1. The third-order valence-electron chi connectivity index (χ3n) is 2.85. The van der Waals surface area contributed by atoms with Gasteiger partial charge in [-0.25, -0.2) is 0 Å². The molecule has 0 atom stereocenters. The normalized spacial score (nSPS) is 10.5. The number of benzene rings is 1. The largest absolute Gasteiger partial charge is 0.486 e. The second kappa shape index (κ2) is 11.9. The number of rotatable bonds is 0. The SMILES string of the molecule is CC#CC#CC#CC.CC(C)(C)c1ccc2c(c1)OCCO2.OO. The lowest BCUT2D eigenvalue weighted by atomic mass is 9.87. The van der Waals surface area contributed by atoms with E-state index in [2.05, 4.69) is 68.4 Å². The Morgan fingerprint density at radius 1 is 0.833 bits per heavy atom. The Morgan fingerprint density at radius 2 is 1.33 bits per heavy atom. The molecule has 1 heterocycles. The van der Waals surface area contributed by atoms with Crippen LogP contribution in [-0.4, -0.2) is 23.7 Å². The summed E-state index contributed by atoms with van der Waals surface area (Å²) in [4.78, 5) is 0.